The molecule has 0 aliphatic heterocycles. The summed E-state index contributed by atoms with van der Waals surface area (Å²) < 4.78 is 0. The van der Waals surface area contributed by atoms with E-state index in [1.165, 1.54) is 6.33 Å². The van der Waals surface area contributed by atoms with Crippen molar-refractivity contribution < 1.29 is 5.11 Å². The number of H-pyrrole nitrogens is 1. The first-order valence-corrected chi connectivity index (χ1v) is 3.01. The highest BCUT2D eigenvalue weighted by Crippen LogP contribution is 2.05. The van der Waals surface area contributed by atoms with Gasteiger partial charge in [0.15, 0.2) is 5.82 Å². The number of nitrogens with zero attached hydrogens (tertiary/aromatic N) is 2. The lowest BCUT2D eigenvalue weighted by atomic mass is 10.3. The zero-order chi connectivity index (χ0) is 7.40. The summed E-state index contributed by atoms with van der Waals surface area (Å²) in [6, 6.07) is 0. The Labute approximate surface area is 58.6 Å². The monoisotopic (exact) mass is 139 g/mol. The molecule has 10 heavy (non-hydrogen) atoms. The number of hydrogen-bond acceptors (Lipinski definition) is 3. The van der Waals surface area contributed by atoms with Crippen LogP contribution in [0.25, 0.3) is 0 Å². The van der Waals surface area contributed by atoms with E-state index in [9.17, 15) is 5.11 Å². The Morgan fingerprint density at radius 1 is 1.80 bits per heavy atom. The van der Waals surface area contributed by atoms with Crippen LogP contribution in [0.15, 0.2) is 18.5 Å². The summed E-state index contributed by atoms with van der Waals surface area (Å²) in [6.07, 6.45) is 4.11. The van der Waals surface area contributed by atoms with Crippen LogP contribution in [0.4, 0.5) is 0 Å². The Morgan fingerprint density at radius 3 is 3.10 bits per heavy atom. The van der Waals surface area contributed by atoms with Gasteiger partial charge in [0.1, 0.15) is 12.4 Å². The number of aliphatic hydroxyl groups is 1. The quantitative estimate of drug-likeness (QED) is 0.583. The summed E-state index contributed by atoms with van der Waals surface area (Å²) >= 11 is 0. The SMILES string of the molecule is C/C=C\C(O)c1nc[nH]n1. The van der Waals surface area contributed by atoms with Gasteiger partial charge in [-0.3, -0.25) is 5.10 Å². The van der Waals surface area contributed by atoms with Crippen LogP contribution in [0.1, 0.15) is 18.9 Å². The third-order valence-corrected chi connectivity index (χ3v) is 1.07. The number of nitrogens with one attached hydrogen (secondary N) is 1. The van der Waals surface area contributed by atoms with Crippen molar-refractivity contribution in [1.29, 1.82) is 0 Å². The second-order valence-electron chi connectivity index (χ2n) is 1.83. The van der Waals surface area contributed by atoms with E-state index in [2.05, 4.69) is 15.2 Å². The van der Waals surface area contributed by atoms with Crippen LogP contribution in [-0.4, -0.2) is 20.3 Å². The number of aliphatic hydroxyl groups excluding tert-OH is 1. The highest BCUT2D eigenvalue weighted by Gasteiger charge is 2.04. The maximum absolute atomic E-state index is 9.18. The van der Waals surface area contributed by atoms with Gasteiger partial charge in [-0.2, -0.15) is 5.10 Å². The maximum atomic E-state index is 9.18. The molecule has 0 amide bonds. The standard InChI is InChI=1S/C6H9N3O/c1-2-3-5(10)6-7-4-8-9-6/h2-5,10H,1H3,(H,7,8,9)/b3-2-. The van der Waals surface area contributed by atoms with Crippen molar-refractivity contribution in [2.45, 2.75) is 13.0 Å². The molecule has 4 heteroatoms. The zero-order valence-electron chi connectivity index (χ0n) is 5.65. The van der Waals surface area contributed by atoms with Gasteiger partial charge in [0.2, 0.25) is 0 Å². The van der Waals surface area contributed by atoms with E-state index in [0.29, 0.717) is 5.82 Å². The average molecular weight is 139 g/mol. The lowest BCUT2D eigenvalue weighted by molar-refractivity contribution is 0.218. The average Bonchev–Trinajstić information content (AvgIpc) is 2.38. The minimum Gasteiger partial charge on any atom is -0.381 e. The zero-order valence-corrected chi connectivity index (χ0v) is 5.65. The van der Waals surface area contributed by atoms with Crippen LogP contribution in [0.2, 0.25) is 0 Å². The van der Waals surface area contributed by atoms with Gasteiger partial charge in [-0.25, -0.2) is 4.98 Å². The first kappa shape index (κ1) is 6.95. The molecule has 54 valence electrons. The van der Waals surface area contributed by atoms with E-state index in [-0.39, 0.29) is 0 Å². The molecule has 1 unspecified atom stereocenters. The predicted molar refractivity (Wildman–Crippen MR) is 36.2 cm³/mol. The Hall–Kier alpha value is -1.16. The molecule has 0 bridgehead atoms. The Balaban J connectivity index is 2.67. The van der Waals surface area contributed by atoms with Gasteiger partial charge in [0, 0.05) is 0 Å². The van der Waals surface area contributed by atoms with Gasteiger partial charge >= 0.3 is 0 Å². The lowest BCUT2D eigenvalue weighted by Crippen LogP contribution is -1.95. The molecule has 0 spiro atoms. The van der Waals surface area contributed by atoms with Gasteiger partial charge in [0.25, 0.3) is 0 Å². The van der Waals surface area contributed by atoms with Gasteiger partial charge < -0.3 is 5.11 Å². The van der Waals surface area contributed by atoms with Crippen LogP contribution in [-0.2, 0) is 0 Å². The van der Waals surface area contributed by atoms with Crippen LogP contribution >= 0.6 is 0 Å². The number of hydrogen-bond donors (Lipinski definition) is 2. The summed E-state index contributed by atoms with van der Waals surface area (Å²) in [5.74, 6) is 0.401. The topological polar surface area (TPSA) is 61.8 Å². The third kappa shape index (κ3) is 1.41. The smallest absolute Gasteiger partial charge is 0.182 e. The minimum absolute atomic E-state index is 0.401. The van der Waals surface area contributed by atoms with Crippen LogP contribution in [0, 0.1) is 0 Å². The molecule has 0 fully saturated rings. The van der Waals surface area contributed by atoms with Crippen molar-refractivity contribution >= 4 is 0 Å². The first-order valence-electron chi connectivity index (χ1n) is 3.01. The highest BCUT2D eigenvalue weighted by atomic mass is 16.3. The molecular formula is C6H9N3O. The van der Waals surface area contributed by atoms with E-state index in [0.717, 1.165) is 0 Å². The number of allylic oxidation sites excluding steroid dienone is 1. The molecule has 1 heterocycles. The Kier molecular flexibility index (Phi) is 2.17. The normalized spacial score (nSPS) is 14.2. The summed E-state index contributed by atoms with van der Waals surface area (Å²) in [7, 11) is 0. The van der Waals surface area contributed by atoms with E-state index in [1.807, 2.05) is 6.92 Å². The van der Waals surface area contributed by atoms with Crippen molar-refractivity contribution in [1.82, 2.24) is 15.2 Å². The highest BCUT2D eigenvalue weighted by molar-refractivity contribution is 4.98. The maximum Gasteiger partial charge on any atom is 0.182 e. The third-order valence-electron chi connectivity index (χ3n) is 1.07. The molecule has 0 radical (unpaired) electrons. The van der Waals surface area contributed by atoms with Gasteiger partial charge in [-0.05, 0) is 6.92 Å². The molecule has 0 aliphatic carbocycles. The fraction of sp³-hybridized carbons (Fsp3) is 0.333. The van der Waals surface area contributed by atoms with Gasteiger partial charge in [-0.15, -0.1) is 0 Å². The van der Waals surface area contributed by atoms with Gasteiger partial charge in [0.05, 0.1) is 0 Å². The molecule has 1 atom stereocenters. The molecule has 1 rings (SSSR count). The van der Waals surface area contributed by atoms with Crippen molar-refractivity contribution in [3.8, 4) is 0 Å². The second kappa shape index (κ2) is 3.12. The Morgan fingerprint density at radius 2 is 2.60 bits per heavy atom. The summed E-state index contributed by atoms with van der Waals surface area (Å²) in [5, 5.41) is 15.4. The molecule has 0 saturated carbocycles. The van der Waals surface area contributed by atoms with E-state index in [4.69, 9.17) is 0 Å². The minimum atomic E-state index is -0.684. The fourth-order valence-corrected chi connectivity index (χ4v) is 0.630. The van der Waals surface area contributed by atoms with Crippen molar-refractivity contribution in [2.24, 2.45) is 0 Å². The molecule has 1 aromatic heterocycles. The number of aromatic amines is 1. The number of aromatic nitrogens is 3. The Bertz CT molecular complexity index is 205. The van der Waals surface area contributed by atoms with E-state index >= 15 is 0 Å². The molecule has 2 N–H and O–H groups in total. The van der Waals surface area contributed by atoms with E-state index < -0.39 is 6.10 Å². The molecule has 1 aromatic rings. The molecular weight excluding hydrogens is 130 g/mol. The molecule has 0 aromatic carbocycles. The summed E-state index contributed by atoms with van der Waals surface area (Å²) in [6.45, 7) is 1.83. The van der Waals surface area contributed by atoms with E-state index in [1.54, 1.807) is 12.2 Å². The second-order valence-corrected chi connectivity index (χ2v) is 1.83. The van der Waals surface area contributed by atoms with Crippen LogP contribution in [0.3, 0.4) is 0 Å². The molecule has 4 nitrogen and oxygen atoms in total. The van der Waals surface area contributed by atoms with Gasteiger partial charge in [-0.1, -0.05) is 12.2 Å². The van der Waals surface area contributed by atoms with Crippen molar-refractivity contribution in [3.05, 3.63) is 24.3 Å². The lowest BCUT2D eigenvalue weighted by Gasteiger charge is -1.95. The van der Waals surface area contributed by atoms with Crippen LogP contribution in [0.5, 0.6) is 0 Å². The van der Waals surface area contributed by atoms with Crippen LogP contribution < -0.4 is 0 Å². The largest absolute Gasteiger partial charge is 0.381 e. The van der Waals surface area contributed by atoms with Crippen molar-refractivity contribution in [3.63, 3.8) is 0 Å². The molecule has 0 aliphatic rings. The van der Waals surface area contributed by atoms with Crippen molar-refractivity contribution in [2.75, 3.05) is 0 Å². The molecule has 0 saturated heterocycles. The summed E-state index contributed by atoms with van der Waals surface area (Å²) in [4.78, 5) is 3.77. The number of rotatable bonds is 2. The fourth-order valence-electron chi connectivity index (χ4n) is 0.630. The summed E-state index contributed by atoms with van der Waals surface area (Å²) in [5.41, 5.74) is 0. The predicted octanol–water partition coefficient (Wildman–Crippen LogP) is 0.414. The first-order chi connectivity index (χ1) is 4.84.